The van der Waals surface area contributed by atoms with Crippen molar-refractivity contribution in [1.82, 2.24) is 15.4 Å². The Bertz CT molecular complexity index is 986. The highest BCUT2D eigenvalue weighted by molar-refractivity contribution is 5.90. The first-order valence-electron chi connectivity index (χ1n) is 8.95. The number of rotatable bonds is 4. The Labute approximate surface area is 160 Å². The van der Waals surface area contributed by atoms with Crippen LogP contribution in [-0.4, -0.2) is 35.0 Å². The lowest BCUT2D eigenvalue weighted by Crippen LogP contribution is -2.52. The highest BCUT2D eigenvalue weighted by atomic mass is 19.1. The van der Waals surface area contributed by atoms with E-state index < -0.39 is 11.9 Å². The fourth-order valence-electron chi connectivity index (χ4n) is 3.30. The monoisotopic (exact) mass is 379 g/mol. The van der Waals surface area contributed by atoms with Crippen LogP contribution < -0.4 is 5.32 Å². The third-order valence-electron chi connectivity index (χ3n) is 4.67. The molecule has 2 heterocycles. The molecule has 0 spiro atoms. The van der Waals surface area contributed by atoms with Gasteiger partial charge in [0.05, 0.1) is 12.1 Å². The van der Waals surface area contributed by atoms with Gasteiger partial charge in [-0.2, -0.15) is 0 Å². The number of piperazine rings is 1. The molecule has 1 N–H and O–H groups in total. The maximum Gasteiger partial charge on any atom is 0.247 e. The molecule has 1 aliphatic heterocycles. The van der Waals surface area contributed by atoms with E-state index in [1.165, 1.54) is 29.2 Å². The number of nitrogens with one attached hydrogen (secondary N) is 1. The van der Waals surface area contributed by atoms with E-state index in [0.29, 0.717) is 30.1 Å². The molecular formula is C21H18FN3O3. The van der Waals surface area contributed by atoms with E-state index in [9.17, 15) is 14.0 Å². The van der Waals surface area contributed by atoms with Gasteiger partial charge in [0.2, 0.25) is 11.8 Å². The fraction of sp³-hybridized carbons (Fsp3) is 0.190. The average molecular weight is 379 g/mol. The number of benzene rings is 2. The van der Waals surface area contributed by atoms with Gasteiger partial charge in [0, 0.05) is 24.7 Å². The van der Waals surface area contributed by atoms with E-state index in [2.05, 4.69) is 10.5 Å². The first kappa shape index (κ1) is 17.9. The first-order valence-corrected chi connectivity index (χ1v) is 8.95. The van der Waals surface area contributed by atoms with Crippen molar-refractivity contribution in [3.63, 3.8) is 0 Å². The van der Waals surface area contributed by atoms with Crippen LogP contribution in [0.5, 0.6) is 0 Å². The molecule has 0 aliphatic carbocycles. The Morgan fingerprint density at radius 2 is 1.93 bits per heavy atom. The van der Waals surface area contributed by atoms with Gasteiger partial charge in [-0.25, -0.2) is 4.39 Å². The Hall–Kier alpha value is -3.48. The summed E-state index contributed by atoms with van der Waals surface area (Å²) in [6, 6.07) is 16.0. The van der Waals surface area contributed by atoms with Crippen LogP contribution in [0.1, 0.15) is 17.3 Å². The standard InChI is InChI=1S/C21H18FN3O3/c22-16-8-6-15(7-9-16)20-21(27)23-10-11-25(20)19(26)13-17-12-18(28-24-17)14-4-2-1-3-5-14/h1-9,12,20H,10-11,13H2,(H,23,27). The van der Waals surface area contributed by atoms with Gasteiger partial charge in [-0.1, -0.05) is 47.6 Å². The number of hydrogen-bond donors (Lipinski definition) is 1. The molecule has 2 aromatic carbocycles. The van der Waals surface area contributed by atoms with Crippen LogP contribution in [0.3, 0.4) is 0 Å². The summed E-state index contributed by atoms with van der Waals surface area (Å²) < 4.78 is 18.6. The minimum Gasteiger partial charge on any atom is -0.356 e. The van der Waals surface area contributed by atoms with E-state index in [-0.39, 0.29) is 18.2 Å². The van der Waals surface area contributed by atoms with Crippen LogP contribution in [-0.2, 0) is 16.0 Å². The summed E-state index contributed by atoms with van der Waals surface area (Å²) in [5.41, 5.74) is 1.93. The maximum atomic E-state index is 13.2. The van der Waals surface area contributed by atoms with Gasteiger partial charge in [0.25, 0.3) is 0 Å². The van der Waals surface area contributed by atoms with E-state index in [0.717, 1.165) is 5.56 Å². The molecule has 0 radical (unpaired) electrons. The summed E-state index contributed by atoms with van der Waals surface area (Å²) in [6.07, 6.45) is 0.0152. The predicted molar refractivity (Wildman–Crippen MR) is 99.5 cm³/mol. The summed E-state index contributed by atoms with van der Waals surface area (Å²) in [7, 11) is 0. The van der Waals surface area contributed by atoms with E-state index >= 15 is 0 Å². The quantitative estimate of drug-likeness (QED) is 0.756. The second-order valence-electron chi connectivity index (χ2n) is 6.56. The van der Waals surface area contributed by atoms with Crippen LogP contribution >= 0.6 is 0 Å². The second kappa shape index (κ2) is 7.64. The number of amides is 2. The van der Waals surface area contributed by atoms with Crippen molar-refractivity contribution in [3.8, 4) is 11.3 Å². The summed E-state index contributed by atoms with van der Waals surface area (Å²) in [4.78, 5) is 26.8. The molecule has 1 aliphatic rings. The molecule has 2 amide bonds. The zero-order valence-corrected chi connectivity index (χ0v) is 15.0. The molecule has 142 valence electrons. The molecule has 3 aromatic rings. The molecule has 0 bridgehead atoms. The number of carbonyl (C=O) groups is 2. The molecule has 7 heteroatoms. The van der Waals surface area contributed by atoms with Crippen LogP contribution in [0.2, 0.25) is 0 Å². The third kappa shape index (κ3) is 3.64. The molecule has 4 rings (SSSR count). The van der Waals surface area contributed by atoms with E-state index in [1.807, 2.05) is 30.3 Å². The van der Waals surface area contributed by atoms with Crippen molar-refractivity contribution >= 4 is 11.8 Å². The molecule has 0 saturated carbocycles. The summed E-state index contributed by atoms with van der Waals surface area (Å²) in [5, 5.41) is 6.74. The minimum absolute atomic E-state index is 0.0152. The van der Waals surface area contributed by atoms with Crippen molar-refractivity contribution in [2.24, 2.45) is 0 Å². The molecule has 1 atom stereocenters. The van der Waals surface area contributed by atoms with Crippen molar-refractivity contribution in [3.05, 3.63) is 77.7 Å². The number of hydrogen-bond acceptors (Lipinski definition) is 4. The van der Waals surface area contributed by atoms with Crippen LogP contribution in [0.4, 0.5) is 4.39 Å². The van der Waals surface area contributed by atoms with Crippen LogP contribution in [0, 0.1) is 5.82 Å². The maximum absolute atomic E-state index is 13.2. The van der Waals surface area contributed by atoms with Gasteiger partial charge in [-0.05, 0) is 17.7 Å². The third-order valence-corrected chi connectivity index (χ3v) is 4.67. The lowest BCUT2D eigenvalue weighted by molar-refractivity contribution is -0.143. The number of halogens is 1. The van der Waals surface area contributed by atoms with Crippen LogP contribution in [0.15, 0.2) is 65.2 Å². The van der Waals surface area contributed by atoms with Gasteiger partial charge in [-0.3, -0.25) is 9.59 Å². The van der Waals surface area contributed by atoms with Crippen molar-refractivity contribution in [1.29, 1.82) is 0 Å². The second-order valence-corrected chi connectivity index (χ2v) is 6.56. The summed E-state index contributed by atoms with van der Waals surface area (Å²) in [5.74, 6) is -0.336. The summed E-state index contributed by atoms with van der Waals surface area (Å²) >= 11 is 0. The SMILES string of the molecule is O=C1NCCN(C(=O)Cc2cc(-c3ccccc3)on2)C1c1ccc(F)cc1. The Kier molecular flexibility index (Phi) is 4.89. The minimum atomic E-state index is -0.789. The Balaban J connectivity index is 1.53. The molecule has 1 unspecified atom stereocenters. The van der Waals surface area contributed by atoms with Gasteiger partial charge >= 0.3 is 0 Å². The van der Waals surface area contributed by atoms with Gasteiger partial charge in [-0.15, -0.1) is 0 Å². The van der Waals surface area contributed by atoms with Crippen molar-refractivity contribution in [2.45, 2.75) is 12.5 Å². The predicted octanol–water partition coefficient (Wildman–Crippen LogP) is 2.72. The molecule has 6 nitrogen and oxygen atoms in total. The van der Waals surface area contributed by atoms with Gasteiger partial charge in [0.15, 0.2) is 5.76 Å². The Morgan fingerprint density at radius 1 is 1.18 bits per heavy atom. The molecular weight excluding hydrogens is 361 g/mol. The van der Waals surface area contributed by atoms with Crippen molar-refractivity contribution in [2.75, 3.05) is 13.1 Å². The molecule has 1 aromatic heterocycles. The normalized spacial score (nSPS) is 16.7. The van der Waals surface area contributed by atoms with E-state index in [4.69, 9.17) is 4.52 Å². The zero-order valence-electron chi connectivity index (χ0n) is 15.0. The Morgan fingerprint density at radius 3 is 2.68 bits per heavy atom. The molecule has 1 fully saturated rings. The summed E-state index contributed by atoms with van der Waals surface area (Å²) in [6.45, 7) is 0.742. The largest absolute Gasteiger partial charge is 0.356 e. The smallest absolute Gasteiger partial charge is 0.247 e. The highest BCUT2D eigenvalue weighted by Gasteiger charge is 2.34. The van der Waals surface area contributed by atoms with Gasteiger partial charge < -0.3 is 14.7 Å². The molecule has 1 saturated heterocycles. The van der Waals surface area contributed by atoms with Crippen molar-refractivity contribution < 1.29 is 18.5 Å². The lowest BCUT2D eigenvalue weighted by Gasteiger charge is -2.35. The number of carbonyl (C=O) groups excluding carboxylic acids is 2. The lowest BCUT2D eigenvalue weighted by atomic mass is 10.0. The average Bonchev–Trinajstić information content (AvgIpc) is 3.18. The topological polar surface area (TPSA) is 75.4 Å². The first-order chi connectivity index (χ1) is 13.6. The van der Waals surface area contributed by atoms with E-state index in [1.54, 1.807) is 6.07 Å². The molecule has 28 heavy (non-hydrogen) atoms. The highest BCUT2D eigenvalue weighted by Crippen LogP contribution is 2.25. The fourth-order valence-corrected chi connectivity index (χ4v) is 3.30. The number of nitrogens with zero attached hydrogens (tertiary/aromatic N) is 2. The van der Waals surface area contributed by atoms with Gasteiger partial charge in [0.1, 0.15) is 11.9 Å². The zero-order chi connectivity index (χ0) is 19.5. The number of aromatic nitrogens is 1. The van der Waals surface area contributed by atoms with Crippen LogP contribution in [0.25, 0.3) is 11.3 Å².